The van der Waals surface area contributed by atoms with Gasteiger partial charge in [0.05, 0.1) is 15.7 Å². The van der Waals surface area contributed by atoms with Gasteiger partial charge in [-0.2, -0.15) is 18.2 Å². The fraction of sp³-hybridized carbons (Fsp3) is 0.361. The lowest BCUT2D eigenvalue weighted by Gasteiger charge is -2.46. The van der Waals surface area contributed by atoms with E-state index in [1.807, 2.05) is 25.2 Å². The molecule has 0 bridgehead atoms. The van der Waals surface area contributed by atoms with Gasteiger partial charge in [-0.05, 0) is 24.2 Å². The highest BCUT2D eigenvalue weighted by Gasteiger charge is 2.58. The molecule has 5 rings (SSSR count). The molecule has 1 heterocycles. The molecule has 328 valence electrons. The number of hydrogen-bond donors (Lipinski definition) is 0. The zero-order chi connectivity index (χ0) is 51.2. The molecule has 1 aliphatic rings. The van der Waals surface area contributed by atoms with Crippen molar-refractivity contribution in [2.45, 2.75) is 58.5 Å². The molecule has 0 saturated carbocycles. The molecule has 0 saturated heterocycles. The minimum absolute atomic E-state index is 0.0642. The molecule has 1 aliphatic carbocycles. The second-order valence-electron chi connectivity index (χ2n) is 21.6. The van der Waals surface area contributed by atoms with Crippen LogP contribution < -0.4 is 71.1 Å². The number of fused-ring (bicyclic) bond motifs is 1. The van der Waals surface area contributed by atoms with Gasteiger partial charge in [-0.1, -0.05) is 118 Å². The Labute approximate surface area is 419 Å². The monoisotopic (exact) mass is 907 g/mol. The standard InChI is InChI=1S/C36H58B20F4N4O2S/c1-3-62(4-2)5-6-64(34(53,54)13-22(43)18(39)11(19(40)23(13)44)12-20(41)24(45)14(35(58,59)60)25(46)21(12)42)10(65)7-63-29-15(32(49,50)36(55,56)33(29,51)52)30(66)61-31(63)67-8-9-16(37)26(47)28(57)27(48)17(9)38/h3-8,37-56H2,1-2H3. The summed E-state index contributed by atoms with van der Waals surface area (Å²) in [6, 6.07) is 0. The van der Waals surface area contributed by atoms with E-state index in [0.29, 0.717) is 51.4 Å². The fourth-order valence-electron chi connectivity index (χ4n) is 11.7. The van der Waals surface area contributed by atoms with Crippen molar-refractivity contribution < 1.29 is 22.4 Å². The molecule has 67 heavy (non-hydrogen) atoms. The molecule has 4 aromatic rings. The lowest BCUT2D eigenvalue weighted by Crippen LogP contribution is -2.61. The molecule has 1 aromatic heterocycles. The van der Waals surface area contributed by atoms with Gasteiger partial charge in [0.2, 0.25) is 5.91 Å². The van der Waals surface area contributed by atoms with Gasteiger partial charge in [-0.3, -0.25) is 9.59 Å². The third kappa shape index (κ3) is 8.93. The van der Waals surface area contributed by atoms with E-state index in [-0.39, 0.29) is 34.8 Å². The van der Waals surface area contributed by atoms with Gasteiger partial charge in [0.15, 0.2) is 5.16 Å². The molecule has 3 aromatic carbocycles. The second kappa shape index (κ2) is 19.2. The van der Waals surface area contributed by atoms with Crippen LogP contribution in [0.25, 0.3) is 11.1 Å². The molecule has 0 aliphatic heterocycles. The summed E-state index contributed by atoms with van der Waals surface area (Å²) in [5.74, 6) is 0.106. The molecule has 0 fully saturated rings. The Morgan fingerprint density at radius 1 is 0.657 bits per heavy atom. The number of alkyl halides is 3. The van der Waals surface area contributed by atoms with Gasteiger partial charge in [0.1, 0.15) is 154 Å². The minimum Gasteiger partial charge on any atom is -0.346 e. The quantitative estimate of drug-likeness (QED) is 0.0579. The summed E-state index contributed by atoms with van der Waals surface area (Å²) in [6.07, 6.45) is -4.47. The molecule has 6 nitrogen and oxygen atoms in total. The smallest absolute Gasteiger partial charge is 0.346 e. The summed E-state index contributed by atoms with van der Waals surface area (Å²) in [4.78, 5) is 39.4. The average Bonchev–Trinajstić information content (AvgIpc) is 3.34. The van der Waals surface area contributed by atoms with Gasteiger partial charge in [0, 0.05) is 41.0 Å². The largest absolute Gasteiger partial charge is 0.415 e. The average molecular weight is 903 g/mol. The number of likely N-dealkylation sites (N-methyl/N-ethyl adjacent to an activating group) is 1. The number of carbonyl (C=O) groups excluding carboxylic acids is 1. The third-order valence-electron chi connectivity index (χ3n) is 17.7. The number of hydrogen-bond acceptors (Lipinski definition) is 5. The van der Waals surface area contributed by atoms with Crippen LogP contribution in [0.4, 0.5) is 17.6 Å². The van der Waals surface area contributed by atoms with E-state index in [0.717, 1.165) is 73.8 Å². The zero-order valence-electron chi connectivity index (χ0n) is 44.8. The summed E-state index contributed by atoms with van der Waals surface area (Å²) in [5.41, 5.74) is 12.9. The number of thioether (sulfide) groups is 1. The Morgan fingerprint density at radius 2 is 1.09 bits per heavy atom. The lowest BCUT2D eigenvalue weighted by molar-refractivity contribution is -0.136. The van der Waals surface area contributed by atoms with E-state index in [9.17, 15) is 18.0 Å². The molecule has 31 heteroatoms. The maximum atomic E-state index is 15.8. The Kier molecular flexibility index (Phi) is 15.8. The van der Waals surface area contributed by atoms with Crippen LogP contribution in [-0.4, -0.2) is 208 Å². The number of aromatic nitrogens is 2. The summed E-state index contributed by atoms with van der Waals surface area (Å²) in [7, 11) is 39.6. The summed E-state index contributed by atoms with van der Waals surface area (Å²) in [6.45, 7) is 6.85. The van der Waals surface area contributed by atoms with Crippen LogP contribution in [0.3, 0.4) is 0 Å². The molecular weight excluding hydrogens is 845 g/mol. The molecule has 1 amide bonds. The van der Waals surface area contributed by atoms with Crippen molar-refractivity contribution in [2.24, 2.45) is 0 Å². The number of rotatable bonds is 13. The fourth-order valence-corrected chi connectivity index (χ4v) is 12.8. The summed E-state index contributed by atoms with van der Waals surface area (Å²) in [5, 5.41) is -1.94. The van der Waals surface area contributed by atoms with Crippen molar-refractivity contribution in [2.75, 3.05) is 26.2 Å². The summed E-state index contributed by atoms with van der Waals surface area (Å²) < 4.78 is 60.6. The topological polar surface area (TPSA) is 58.4 Å². The number of halogens is 4. The maximum Gasteiger partial charge on any atom is 0.415 e. The first kappa shape index (κ1) is 55.3. The highest BCUT2D eigenvalue weighted by Crippen LogP contribution is 2.57. The lowest BCUT2D eigenvalue weighted by atomic mass is 9.20. The first-order chi connectivity index (χ1) is 30.6. The van der Waals surface area contributed by atoms with Gasteiger partial charge >= 0.3 is 6.18 Å². The predicted molar refractivity (Wildman–Crippen MR) is 335 cm³/mol. The van der Waals surface area contributed by atoms with Crippen molar-refractivity contribution >= 4 is 240 Å². The van der Waals surface area contributed by atoms with Crippen LogP contribution in [0.2, 0.25) is 5.21 Å². The van der Waals surface area contributed by atoms with Crippen LogP contribution in [0.1, 0.15) is 41.8 Å². The predicted octanol–water partition coefficient (Wildman–Crippen LogP) is -22.1. The Morgan fingerprint density at radius 3 is 1.51 bits per heavy atom. The van der Waals surface area contributed by atoms with Crippen molar-refractivity contribution in [3.8, 4) is 11.1 Å². The Balaban J connectivity index is 1.76. The number of benzene rings is 3. The zero-order valence-corrected chi connectivity index (χ0v) is 45.6. The van der Waals surface area contributed by atoms with E-state index in [4.69, 9.17) is 4.98 Å². The number of nitrogens with zero attached hydrogens (tertiary/aromatic N) is 4. The third-order valence-corrected chi connectivity index (χ3v) is 18.7. The maximum absolute atomic E-state index is 15.8. The highest BCUT2D eigenvalue weighted by molar-refractivity contribution is 7.98. The van der Waals surface area contributed by atoms with Crippen LogP contribution >= 0.6 is 11.8 Å². The van der Waals surface area contributed by atoms with E-state index >= 15 is 9.18 Å². The molecule has 0 spiro atoms. The summed E-state index contributed by atoms with van der Waals surface area (Å²) >= 11 is 1.42. The van der Waals surface area contributed by atoms with Gasteiger partial charge in [-0.15, -0.1) is 0 Å². The molecular formula is C36H58B20F4N4O2S. The second-order valence-corrected chi connectivity index (χ2v) is 22.5. The Hall–Kier alpha value is -2.66. The van der Waals surface area contributed by atoms with Gasteiger partial charge in [-0.25, -0.2) is 4.39 Å². The van der Waals surface area contributed by atoms with Crippen LogP contribution in [0.5, 0.6) is 0 Å². The molecule has 0 radical (unpaired) electrons. The minimum atomic E-state index is -4.47. The number of amides is 1. The highest BCUT2D eigenvalue weighted by atomic mass is 32.2. The SMILES string of the molecule is Bc1c(B)c(CSc2nc(=O)c3c(n2CC(=O)N(CCN(CC)CC)C(B)(B)c2c(B)c(B)c(-c4c(B)c(B)c(C(F)(F)F)c(B)c4B)c(B)c2B)C(B)(B)C(B)(B)C3(B)B)c(B)c(B)c1F. The van der Waals surface area contributed by atoms with E-state index in [2.05, 4.69) is 113 Å². The van der Waals surface area contributed by atoms with Crippen LogP contribution in [0, 0.1) is 5.82 Å². The van der Waals surface area contributed by atoms with E-state index in [1.54, 1.807) is 47.1 Å². The molecule has 0 N–H and O–H groups in total. The van der Waals surface area contributed by atoms with Crippen molar-refractivity contribution in [3.05, 3.63) is 44.1 Å². The van der Waals surface area contributed by atoms with Crippen LogP contribution in [0.15, 0.2) is 9.95 Å². The van der Waals surface area contributed by atoms with Crippen molar-refractivity contribution in [1.82, 2.24) is 19.4 Å². The van der Waals surface area contributed by atoms with Crippen molar-refractivity contribution in [1.29, 1.82) is 0 Å². The molecule has 0 atom stereocenters. The number of carbonyl (C=O) groups is 1. The van der Waals surface area contributed by atoms with Gasteiger partial charge in [0.25, 0.3) is 5.56 Å². The first-order valence-corrected chi connectivity index (χ1v) is 24.9. The van der Waals surface area contributed by atoms with E-state index in [1.165, 1.54) is 11.8 Å². The van der Waals surface area contributed by atoms with Crippen molar-refractivity contribution in [3.63, 3.8) is 0 Å². The normalized spacial score (nSPS) is 15.1. The molecule has 0 unspecified atom stereocenters. The van der Waals surface area contributed by atoms with Gasteiger partial charge < -0.3 is 14.4 Å². The first-order valence-electron chi connectivity index (χ1n) is 24.0. The van der Waals surface area contributed by atoms with Crippen LogP contribution in [-0.2, 0) is 39.0 Å². The Bertz CT molecular complexity index is 2680. The van der Waals surface area contributed by atoms with E-state index < -0.39 is 32.7 Å².